The van der Waals surface area contributed by atoms with Crippen molar-refractivity contribution in [3.05, 3.63) is 35.4 Å². The molecule has 0 bridgehead atoms. The van der Waals surface area contributed by atoms with Gasteiger partial charge in [0.25, 0.3) is 0 Å². The van der Waals surface area contributed by atoms with E-state index in [4.69, 9.17) is 4.74 Å². The van der Waals surface area contributed by atoms with Gasteiger partial charge in [0.15, 0.2) is 5.96 Å². The number of benzene rings is 1. The lowest BCUT2D eigenvalue weighted by molar-refractivity contribution is 0.0474. The van der Waals surface area contributed by atoms with E-state index in [1.165, 1.54) is 11.1 Å². The van der Waals surface area contributed by atoms with E-state index >= 15 is 0 Å². The molecule has 2 rings (SSSR count). The molecule has 0 unspecified atom stereocenters. The fraction of sp³-hybridized carbons (Fsp3) is 0.667. The predicted molar refractivity (Wildman–Crippen MR) is 131 cm³/mol. The van der Waals surface area contributed by atoms with E-state index in [-0.39, 0.29) is 0 Å². The summed E-state index contributed by atoms with van der Waals surface area (Å²) in [6.45, 7) is 16.1. The van der Waals surface area contributed by atoms with Crippen LogP contribution >= 0.6 is 0 Å². The zero-order valence-corrected chi connectivity index (χ0v) is 20.9. The van der Waals surface area contributed by atoms with Crippen molar-refractivity contribution in [1.82, 2.24) is 25.8 Å². The quantitative estimate of drug-likeness (QED) is 0.441. The fourth-order valence-electron chi connectivity index (χ4n) is 3.36. The average molecular weight is 447 g/mol. The molecule has 1 aliphatic rings. The molecule has 0 radical (unpaired) electrons. The molecule has 1 aromatic carbocycles. The summed E-state index contributed by atoms with van der Waals surface area (Å²) < 4.78 is 5.35. The normalized spacial score (nSPS) is 16.5. The Morgan fingerprint density at radius 1 is 1.00 bits per heavy atom. The minimum Gasteiger partial charge on any atom is -0.444 e. The highest BCUT2D eigenvalue weighted by atomic mass is 16.6. The van der Waals surface area contributed by atoms with Gasteiger partial charge in [-0.15, -0.1) is 0 Å². The topological polar surface area (TPSA) is 81.2 Å². The molecule has 1 heterocycles. The third-order valence-corrected chi connectivity index (χ3v) is 5.25. The van der Waals surface area contributed by atoms with Crippen LogP contribution in [0.1, 0.15) is 45.7 Å². The highest BCUT2D eigenvalue weighted by molar-refractivity contribution is 5.79. The zero-order chi connectivity index (χ0) is 23.8. The van der Waals surface area contributed by atoms with Gasteiger partial charge in [-0.1, -0.05) is 24.3 Å². The van der Waals surface area contributed by atoms with E-state index in [2.05, 4.69) is 62.1 Å². The second kappa shape index (κ2) is 11.5. The number of piperazine rings is 1. The van der Waals surface area contributed by atoms with Gasteiger partial charge in [0.1, 0.15) is 5.60 Å². The molecule has 3 N–H and O–H groups in total. The molecule has 1 fully saturated rings. The third kappa shape index (κ3) is 9.87. The number of hydrogen-bond donors (Lipinski definition) is 3. The zero-order valence-electron chi connectivity index (χ0n) is 20.9. The number of amides is 1. The fourth-order valence-corrected chi connectivity index (χ4v) is 3.36. The first-order chi connectivity index (χ1) is 15.0. The summed E-state index contributed by atoms with van der Waals surface area (Å²) in [5, 5.41) is 9.50. The van der Waals surface area contributed by atoms with E-state index in [1.54, 1.807) is 7.05 Å². The van der Waals surface area contributed by atoms with E-state index < -0.39 is 17.2 Å². The molecule has 0 spiro atoms. The van der Waals surface area contributed by atoms with Crippen molar-refractivity contribution in [2.24, 2.45) is 4.99 Å². The summed E-state index contributed by atoms with van der Waals surface area (Å²) in [6.07, 6.45) is -0.427. The number of carbonyl (C=O) groups excluding carboxylic acids is 1. The van der Waals surface area contributed by atoms with Crippen LogP contribution in [0.2, 0.25) is 0 Å². The number of nitrogens with zero attached hydrogens (tertiary/aromatic N) is 3. The molecule has 1 aromatic rings. The van der Waals surface area contributed by atoms with Crippen LogP contribution in [0, 0.1) is 0 Å². The van der Waals surface area contributed by atoms with Crippen LogP contribution in [0.3, 0.4) is 0 Å². The van der Waals surface area contributed by atoms with Gasteiger partial charge in [-0.05, 0) is 52.8 Å². The predicted octanol–water partition coefficient (Wildman–Crippen LogP) is 2.40. The smallest absolute Gasteiger partial charge is 0.408 e. The lowest BCUT2D eigenvalue weighted by atomic mass is 10.1. The Hall–Kier alpha value is -2.32. The molecule has 180 valence electrons. The molecule has 0 atom stereocenters. The number of hydrogen-bond acceptors (Lipinski definition) is 5. The molecule has 1 amide bonds. The maximum absolute atomic E-state index is 12.1. The van der Waals surface area contributed by atoms with Gasteiger partial charge >= 0.3 is 6.09 Å². The molecule has 32 heavy (non-hydrogen) atoms. The minimum atomic E-state index is -0.523. The maximum Gasteiger partial charge on any atom is 0.408 e. The lowest BCUT2D eigenvalue weighted by Crippen LogP contribution is -2.54. The summed E-state index contributed by atoms with van der Waals surface area (Å²) in [7, 11) is 3.92. The molecule has 8 nitrogen and oxygen atoms in total. The van der Waals surface area contributed by atoms with E-state index in [0.717, 1.165) is 32.7 Å². The van der Waals surface area contributed by atoms with Crippen molar-refractivity contribution in [3.63, 3.8) is 0 Å². The summed E-state index contributed by atoms with van der Waals surface area (Å²) in [5.41, 5.74) is 1.52. The number of alkyl carbamates (subject to hydrolysis) is 1. The molecule has 0 aromatic heterocycles. The Kier molecular flexibility index (Phi) is 9.33. The summed E-state index contributed by atoms with van der Waals surface area (Å²) in [4.78, 5) is 21.2. The Morgan fingerprint density at radius 2 is 1.59 bits per heavy atom. The Morgan fingerprint density at radius 3 is 2.16 bits per heavy atom. The van der Waals surface area contributed by atoms with Crippen LogP contribution in [-0.4, -0.2) is 79.8 Å². The van der Waals surface area contributed by atoms with Gasteiger partial charge in [0.05, 0.1) is 5.54 Å². The van der Waals surface area contributed by atoms with Crippen molar-refractivity contribution in [2.75, 3.05) is 46.8 Å². The number of carbonyl (C=O) groups is 1. The van der Waals surface area contributed by atoms with E-state index in [1.807, 2.05) is 34.6 Å². The molecule has 1 saturated heterocycles. The standard InChI is InChI=1S/C24H42N6O2/c1-23(2,3)32-22(31)28-24(4,5)18-27-21(25-6)26-16-19-8-10-20(11-9-19)17-30-14-12-29(7)13-15-30/h8-11H,12-18H2,1-7H3,(H,28,31)(H2,25,26,27). The molecule has 0 saturated carbocycles. The van der Waals surface area contributed by atoms with Gasteiger partial charge < -0.3 is 25.6 Å². The van der Waals surface area contributed by atoms with E-state index in [9.17, 15) is 4.79 Å². The molecular weight excluding hydrogens is 404 g/mol. The van der Waals surface area contributed by atoms with Crippen molar-refractivity contribution in [1.29, 1.82) is 0 Å². The van der Waals surface area contributed by atoms with Crippen LogP contribution in [0.4, 0.5) is 4.79 Å². The number of rotatable bonds is 7. The first-order valence-electron chi connectivity index (χ1n) is 11.4. The van der Waals surface area contributed by atoms with Gasteiger partial charge in [0, 0.05) is 52.9 Å². The van der Waals surface area contributed by atoms with Crippen molar-refractivity contribution < 1.29 is 9.53 Å². The summed E-state index contributed by atoms with van der Waals surface area (Å²) in [5.74, 6) is 0.686. The van der Waals surface area contributed by atoms with E-state index in [0.29, 0.717) is 19.0 Å². The highest BCUT2D eigenvalue weighted by Gasteiger charge is 2.24. The van der Waals surface area contributed by atoms with Gasteiger partial charge in [0.2, 0.25) is 0 Å². The lowest BCUT2D eigenvalue weighted by Gasteiger charge is -2.32. The van der Waals surface area contributed by atoms with Crippen molar-refractivity contribution >= 4 is 12.1 Å². The van der Waals surface area contributed by atoms with Crippen LogP contribution in [-0.2, 0) is 17.8 Å². The number of guanidine groups is 1. The SMILES string of the molecule is CN=C(NCc1ccc(CN2CCN(C)CC2)cc1)NCC(C)(C)NC(=O)OC(C)(C)C. The van der Waals surface area contributed by atoms with Crippen LogP contribution in [0.25, 0.3) is 0 Å². The number of ether oxygens (including phenoxy) is 1. The number of likely N-dealkylation sites (N-methyl/N-ethyl adjacent to an activating group) is 1. The monoisotopic (exact) mass is 446 g/mol. The van der Waals surface area contributed by atoms with Gasteiger partial charge in [-0.25, -0.2) is 4.79 Å². The molecule has 8 heteroatoms. The average Bonchev–Trinajstić information content (AvgIpc) is 2.69. The number of nitrogens with one attached hydrogen (secondary N) is 3. The van der Waals surface area contributed by atoms with Crippen LogP contribution in [0.5, 0.6) is 0 Å². The Balaban J connectivity index is 1.76. The highest BCUT2D eigenvalue weighted by Crippen LogP contribution is 2.11. The summed E-state index contributed by atoms with van der Waals surface area (Å²) >= 11 is 0. The van der Waals surface area contributed by atoms with Gasteiger partial charge in [-0.3, -0.25) is 9.89 Å². The second-order valence-electron chi connectivity index (χ2n) is 10.2. The van der Waals surface area contributed by atoms with Crippen molar-refractivity contribution in [3.8, 4) is 0 Å². The van der Waals surface area contributed by atoms with Crippen LogP contribution < -0.4 is 16.0 Å². The number of aliphatic imine (C=N–C) groups is 1. The van der Waals surface area contributed by atoms with Gasteiger partial charge in [-0.2, -0.15) is 0 Å². The first-order valence-corrected chi connectivity index (χ1v) is 11.4. The first kappa shape index (κ1) is 25.9. The largest absolute Gasteiger partial charge is 0.444 e. The maximum atomic E-state index is 12.1. The second-order valence-corrected chi connectivity index (χ2v) is 10.2. The van der Waals surface area contributed by atoms with Crippen LogP contribution in [0.15, 0.2) is 29.3 Å². The summed E-state index contributed by atoms with van der Waals surface area (Å²) in [6, 6.07) is 8.75. The molecule has 1 aliphatic heterocycles. The Labute approximate surface area is 193 Å². The Bertz CT molecular complexity index is 747. The molecular formula is C24H42N6O2. The minimum absolute atomic E-state index is 0.427. The third-order valence-electron chi connectivity index (χ3n) is 5.25. The molecule has 0 aliphatic carbocycles. The van der Waals surface area contributed by atoms with Crippen molar-refractivity contribution in [2.45, 2.75) is 58.8 Å².